The molecule has 1 aliphatic rings. The summed E-state index contributed by atoms with van der Waals surface area (Å²) in [5.74, 6) is 0.514. The molecule has 0 aliphatic carbocycles. The number of aryl methyl sites for hydroxylation is 1. The Morgan fingerprint density at radius 2 is 1.93 bits per heavy atom. The van der Waals surface area contributed by atoms with Crippen molar-refractivity contribution < 1.29 is 4.79 Å². The van der Waals surface area contributed by atoms with Gasteiger partial charge in [0.2, 0.25) is 5.95 Å². The van der Waals surface area contributed by atoms with E-state index in [2.05, 4.69) is 26.9 Å². The lowest BCUT2D eigenvalue weighted by molar-refractivity contribution is -0.105. The molecule has 30 heavy (non-hydrogen) atoms. The number of carbonyl (C=O) groups excluding carboxylic acids is 1. The summed E-state index contributed by atoms with van der Waals surface area (Å²) in [4.78, 5) is 18.1. The molecule has 5 rings (SSSR count). The van der Waals surface area contributed by atoms with Crippen LogP contribution in [0.25, 0.3) is 15.8 Å². The van der Waals surface area contributed by atoms with Crippen molar-refractivity contribution in [3.05, 3.63) is 77.4 Å². The highest BCUT2D eigenvalue weighted by molar-refractivity contribution is 8.08. The lowest BCUT2D eigenvalue weighted by Crippen LogP contribution is -2.22. The highest BCUT2D eigenvalue weighted by atomic mass is 32.2. The van der Waals surface area contributed by atoms with Gasteiger partial charge in [-0.3, -0.25) is 4.79 Å². The van der Waals surface area contributed by atoms with Gasteiger partial charge >= 0.3 is 0 Å². The van der Waals surface area contributed by atoms with Crippen molar-refractivity contribution in [2.24, 2.45) is 0 Å². The van der Waals surface area contributed by atoms with Crippen LogP contribution in [0.3, 0.4) is 0 Å². The van der Waals surface area contributed by atoms with Crippen molar-refractivity contribution in [3.63, 3.8) is 0 Å². The van der Waals surface area contributed by atoms with E-state index < -0.39 is 6.04 Å². The standard InChI is InChI=1S/C22H18N6OS/c1-2-28-22(25-26-27-28)24-19-16-12-15-10-6-7-11-18(15)23-21(16)30-20(17(19)13-29)14-8-4-3-5-9-14/h3-13,19H,2H2,1H3,(H,24,25,27). The second-order valence-electron chi connectivity index (χ2n) is 6.84. The summed E-state index contributed by atoms with van der Waals surface area (Å²) < 4.78 is 1.67. The molecule has 2 aromatic heterocycles. The Kier molecular flexibility index (Phi) is 4.76. The number of hydrogen-bond acceptors (Lipinski definition) is 7. The minimum atomic E-state index is -0.414. The van der Waals surface area contributed by atoms with Crippen molar-refractivity contribution in [2.45, 2.75) is 24.5 Å². The summed E-state index contributed by atoms with van der Waals surface area (Å²) in [5, 5.41) is 17.2. The third kappa shape index (κ3) is 3.15. The second-order valence-corrected chi connectivity index (χ2v) is 7.84. The van der Waals surface area contributed by atoms with Crippen LogP contribution in [0, 0.1) is 0 Å². The van der Waals surface area contributed by atoms with Crippen LogP contribution in [0.1, 0.15) is 24.1 Å². The van der Waals surface area contributed by atoms with Crippen molar-refractivity contribution in [1.82, 2.24) is 25.2 Å². The van der Waals surface area contributed by atoms with E-state index in [9.17, 15) is 4.79 Å². The molecule has 3 heterocycles. The van der Waals surface area contributed by atoms with E-state index in [4.69, 9.17) is 4.98 Å². The molecule has 1 aliphatic heterocycles. The van der Waals surface area contributed by atoms with Crippen LogP contribution in [0.2, 0.25) is 0 Å². The van der Waals surface area contributed by atoms with Gasteiger partial charge in [-0.2, -0.15) is 0 Å². The van der Waals surface area contributed by atoms with Gasteiger partial charge in [0.25, 0.3) is 0 Å². The Balaban J connectivity index is 1.72. The first-order chi connectivity index (χ1) is 14.8. The third-order valence-electron chi connectivity index (χ3n) is 5.07. The average Bonchev–Trinajstić information content (AvgIpc) is 3.25. The summed E-state index contributed by atoms with van der Waals surface area (Å²) in [5.41, 5.74) is 3.47. The number of tetrazole rings is 1. The van der Waals surface area contributed by atoms with Gasteiger partial charge in [-0.15, -0.1) is 0 Å². The molecule has 0 saturated carbocycles. The molecule has 0 fully saturated rings. The Bertz CT molecular complexity index is 1270. The van der Waals surface area contributed by atoms with E-state index >= 15 is 0 Å². The third-order valence-corrected chi connectivity index (χ3v) is 6.26. The van der Waals surface area contributed by atoms with Gasteiger partial charge in [0.1, 0.15) is 11.3 Å². The maximum atomic E-state index is 12.3. The number of rotatable bonds is 5. The summed E-state index contributed by atoms with van der Waals surface area (Å²) >= 11 is 1.52. The van der Waals surface area contributed by atoms with Crippen LogP contribution in [-0.2, 0) is 11.3 Å². The zero-order chi connectivity index (χ0) is 20.5. The maximum absolute atomic E-state index is 12.3. The minimum Gasteiger partial charge on any atom is -0.342 e. The van der Waals surface area contributed by atoms with E-state index in [1.807, 2.05) is 61.5 Å². The van der Waals surface area contributed by atoms with Crippen LogP contribution in [0.15, 0.2) is 71.3 Å². The number of benzene rings is 2. The van der Waals surface area contributed by atoms with Gasteiger partial charge < -0.3 is 5.32 Å². The first-order valence-corrected chi connectivity index (χ1v) is 10.4. The fourth-order valence-corrected chi connectivity index (χ4v) is 4.77. The van der Waals surface area contributed by atoms with E-state index in [1.54, 1.807) is 4.68 Å². The fourth-order valence-electron chi connectivity index (χ4n) is 3.60. The summed E-state index contributed by atoms with van der Waals surface area (Å²) in [6.07, 6.45) is 0.922. The Morgan fingerprint density at radius 3 is 2.73 bits per heavy atom. The van der Waals surface area contributed by atoms with Crippen molar-refractivity contribution in [3.8, 4) is 0 Å². The smallest absolute Gasteiger partial charge is 0.243 e. The first kappa shape index (κ1) is 18.5. The number of aldehydes is 1. The van der Waals surface area contributed by atoms with Gasteiger partial charge in [-0.1, -0.05) is 65.4 Å². The zero-order valence-corrected chi connectivity index (χ0v) is 17.0. The zero-order valence-electron chi connectivity index (χ0n) is 16.2. The molecule has 0 spiro atoms. The molecule has 0 saturated heterocycles. The van der Waals surface area contributed by atoms with Crippen molar-refractivity contribution in [2.75, 3.05) is 5.32 Å². The van der Waals surface area contributed by atoms with Gasteiger partial charge in [0.15, 0.2) is 0 Å². The maximum Gasteiger partial charge on any atom is 0.243 e. The molecular weight excluding hydrogens is 396 g/mol. The molecule has 148 valence electrons. The molecule has 7 nitrogen and oxygen atoms in total. The Hall–Kier alpha value is -3.52. The average molecular weight is 414 g/mol. The lowest BCUT2D eigenvalue weighted by atomic mass is 9.96. The first-order valence-electron chi connectivity index (χ1n) is 9.63. The number of pyridine rings is 1. The van der Waals surface area contributed by atoms with Gasteiger partial charge in [0, 0.05) is 28.0 Å². The quantitative estimate of drug-likeness (QED) is 0.492. The predicted molar refractivity (Wildman–Crippen MR) is 117 cm³/mol. The molecule has 0 bridgehead atoms. The van der Waals surface area contributed by atoms with Crippen LogP contribution in [0.5, 0.6) is 0 Å². The number of carbonyl (C=O) groups is 1. The topological polar surface area (TPSA) is 85.6 Å². The number of para-hydroxylation sites is 1. The lowest BCUT2D eigenvalue weighted by Gasteiger charge is -2.28. The molecule has 4 aromatic rings. The number of hydrogen-bond donors (Lipinski definition) is 1. The van der Waals surface area contributed by atoms with E-state index in [1.165, 1.54) is 11.8 Å². The summed E-state index contributed by atoms with van der Waals surface area (Å²) in [6, 6.07) is 19.6. The molecule has 1 N–H and O–H groups in total. The largest absolute Gasteiger partial charge is 0.342 e. The van der Waals surface area contributed by atoms with Crippen molar-refractivity contribution >= 4 is 39.8 Å². The fraction of sp³-hybridized carbons (Fsp3) is 0.136. The predicted octanol–water partition coefficient (Wildman–Crippen LogP) is 4.11. The molecule has 0 amide bonds. The number of nitrogens with zero attached hydrogens (tertiary/aromatic N) is 5. The SMILES string of the molecule is CCn1nnnc1NC1C(C=O)=C(c2ccccc2)Sc2nc3ccccc3cc21. The molecule has 8 heteroatoms. The Morgan fingerprint density at radius 1 is 1.13 bits per heavy atom. The second kappa shape index (κ2) is 7.72. The Labute approximate surface area is 177 Å². The normalized spacial score (nSPS) is 15.8. The molecule has 2 aromatic carbocycles. The van der Waals surface area contributed by atoms with Crippen LogP contribution < -0.4 is 5.32 Å². The van der Waals surface area contributed by atoms with Crippen LogP contribution >= 0.6 is 11.8 Å². The molecular formula is C22H18N6OS. The summed E-state index contributed by atoms with van der Waals surface area (Å²) in [6.45, 7) is 2.58. The number of aromatic nitrogens is 5. The molecule has 1 atom stereocenters. The monoisotopic (exact) mass is 414 g/mol. The highest BCUT2D eigenvalue weighted by Crippen LogP contribution is 2.48. The van der Waals surface area contributed by atoms with Crippen LogP contribution in [-0.4, -0.2) is 31.5 Å². The minimum absolute atomic E-state index is 0.414. The van der Waals surface area contributed by atoms with Gasteiger partial charge in [-0.25, -0.2) is 9.67 Å². The molecule has 1 unspecified atom stereocenters. The van der Waals surface area contributed by atoms with E-state index in [-0.39, 0.29) is 0 Å². The molecule has 0 radical (unpaired) electrons. The van der Waals surface area contributed by atoms with E-state index in [0.717, 1.165) is 38.2 Å². The van der Waals surface area contributed by atoms with Gasteiger partial charge in [0.05, 0.1) is 11.6 Å². The van der Waals surface area contributed by atoms with E-state index in [0.29, 0.717) is 18.1 Å². The number of thioether (sulfide) groups is 1. The van der Waals surface area contributed by atoms with Gasteiger partial charge in [-0.05, 0) is 35.0 Å². The van der Waals surface area contributed by atoms with Crippen molar-refractivity contribution in [1.29, 1.82) is 0 Å². The number of nitrogens with one attached hydrogen (secondary N) is 1. The number of anilines is 1. The summed E-state index contributed by atoms with van der Waals surface area (Å²) in [7, 11) is 0. The highest BCUT2D eigenvalue weighted by Gasteiger charge is 2.31. The van der Waals surface area contributed by atoms with Crippen LogP contribution in [0.4, 0.5) is 5.95 Å². The number of fused-ring (bicyclic) bond motifs is 2.